The van der Waals surface area contributed by atoms with E-state index < -0.39 is 0 Å². The molecule has 4 N–H and O–H groups in total. The molecule has 0 radical (unpaired) electrons. The molecule has 14 rings (SSSR count). The Morgan fingerprint density at radius 2 is 0.735 bits per heavy atom. The minimum Gasteiger partial charge on any atom is -0.508 e. The van der Waals surface area contributed by atoms with E-state index in [-0.39, 0.29) is 39.6 Å². The number of phenols is 2. The van der Waals surface area contributed by atoms with E-state index >= 15 is 0 Å². The van der Waals surface area contributed by atoms with Crippen molar-refractivity contribution in [2.75, 3.05) is 0 Å². The van der Waals surface area contributed by atoms with Gasteiger partial charge in [0.15, 0.2) is 23.3 Å². The summed E-state index contributed by atoms with van der Waals surface area (Å²) < 4.78 is 0. The minimum absolute atomic E-state index is 0.110. The van der Waals surface area contributed by atoms with Crippen LogP contribution in [0.5, 0.6) is 11.5 Å². The summed E-state index contributed by atoms with van der Waals surface area (Å²) in [5.41, 5.74) is 14.9. The summed E-state index contributed by atoms with van der Waals surface area (Å²) in [4.78, 5) is 39.5. The maximum Gasteiger partial charge on any atom is 0.164 e. The van der Waals surface area contributed by atoms with E-state index in [4.69, 9.17) is 29.9 Å². The quantitative estimate of drug-likeness (QED) is 0.110. The Morgan fingerprint density at radius 1 is 0.368 bits per heavy atom. The first-order valence-electron chi connectivity index (χ1n) is 23.5. The zero-order valence-electron chi connectivity index (χ0n) is 39.5. The zero-order chi connectivity index (χ0) is 46.9. The number of fused-ring (bicyclic) bond motifs is 20. The van der Waals surface area contributed by atoms with Gasteiger partial charge >= 0.3 is 0 Å². The van der Waals surface area contributed by atoms with E-state index in [1.54, 1.807) is 12.1 Å². The molecule has 0 saturated heterocycles. The number of aromatic amines is 2. The largest absolute Gasteiger partial charge is 0.508 e. The van der Waals surface area contributed by atoms with Crippen LogP contribution >= 0.6 is 0 Å². The van der Waals surface area contributed by atoms with Gasteiger partial charge in [-0.3, -0.25) is 0 Å². The molecule has 2 atom stereocenters. The van der Waals surface area contributed by atoms with Crippen molar-refractivity contribution in [3.8, 4) is 57.1 Å². The van der Waals surface area contributed by atoms with Gasteiger partial charge in [0.25, 0.3) is 0 Å². The summed E-state index contributed by atoms with van der Waals surface area (Å²) in [6.45, 7) is 19.9. The molecule has 3 aromatic heterocycles. The first-order valence-corrected chi connectivity index (χ1v) is 23.5. The van der Waals surface area contributed by atoms with Crippen LogP contribution in [0, 0.1) is 0 Å². The molecular formula is C58H50N8O2. The Kier molecular flexibility index (Phi) is 8.03. The van der Waals surface area contributed by atoms with Crippen molar-refractivity contribution in [2.24, 2.45) is 0 Å². The number of benzene rings is 6. The van der Waals surface area contributed by atoms with Gasteiger partial charge in [-0.25, -0.2) is 29.9 Å². The fourth-order valence-corrected chi connectivity index (χ4v) is 11.0. The molecular weight excluding hydrogens is 841 g/mol. The van der Waals surface area contributed by atoms with Crippen molar-refractivity contribution in [1.29, 1.82) is 0 Å². The second kappa shape index (κ2) is 13.5. The van der Waals surface area contributed by atoms with E-state index in [9.17, 15) is 10.2 Å². The number of nitrogens with one attached hydrogen (secondary N) is 2. The number of H-pyrrole nitrogens is 2. The minimum atomic E-state index is -0.322. The fourth-order valence-electron chi connectivity index (χ4n) is 11.0. The topological polar surface area (TPSA) is 149 Å². The van der Waals surface area contributed by atoms with Gasteiger partial charge in [-0.05, 0) is 97.7 Å². The molecule has 5 heterocycles. The predicted molar refractivity (Wildman–Crippen MR) is 270 cm³/mol. The molecule has 0 spiro atoms. The molecule has 6 aromatic carbocycles. The summed E-state index contributed by atoms with van der Waals surface area (Å²) in [5.74, 6) is 1.83. The van der Waals surface area contributed by atoms with E-state index in [1.165, 1.54) is 11.1 Å². The second-order valence-corrected chi connectivity index (χ2v) is 22.1. The first-order chi connectivity index (χ1) is 32.4. The van der Waals surface area contributed by atoms with Crippen molar-refractivity contribution < 1.29 is 10.2 Å². The van der Waals surface area contributed by atoms with Crippen LogP contribution in [0.25, 0.3) is 89.7 Å². The Bertz CT molecular complexity index is 3910. The Labute approximate surface area is 393 Å². The van der Waals surface area contributed by atoms with Gasteiger partial charge < -0.3 is 20.2 Å². The number of aromatic nitrogens is 8. The monoisotopic (exact) mass is 890 g/mol. The number of rotatable bonds is 0. The number of hydrogen-bond acceptors (Lipinski definition) is 8. The third-order valence-electron chi connectivity index (χ3n) is 14.7. The highest BCUT2D eigenvalue weighted by Crippen LogP contribution is 2.61. The number of nitrogens with zero attached hydrogens (tertiary/aromatic N) is 6. The molecule has 0 saturated carbocycles. The van der Waals surface area contributed by atoms with E-state index in [2.05, 4.69) is 151 Å². The van der Waals surface area contributed by atoms with Crippen molar-refractivity contribution >= 4 is 44.1 Å². The Balaban J connectivity index is 1.17. The third kappa shape index (κ3) is 5.82. The fraction of sp³-hybridized carbons (Fsp3) is 0.241. The summed E-state index contributed by atoms with van der Waals surface area (Å²) in [6, 6.07) is 35.5. The Morgan fingerprint density at radius 3 is 1.16 bits per heavy atom. The van der Waals surface area contributed by atoms with E-state index in [1.807, 2.05) is 12.1 Å². The molecule has 5 aliphatic rings. The molecule has 68 heavy (non-hydrogen) atoms. The summed E-state index contributed by atoms with van der Waals surface area (Å²) in [7, 11) is 0. The SMILES string of the molecule is CC(C)(C)c1ccc2c(c1)-c1nc-2nc2[nH]c(nc3nc(nc4[nH]c(n1)c1ccc(C(C)(C)C)cc41)-c1cc4c(cc1-3)C1c3ccccc3C4c3c(O)ccc(O)c31)c1ccc(C(C)(C)C)cc21. The maximum absolute atomic E-state index is 11.5. The maximum atomic E-state index is 11.5. The summed E-state index contributed by atoms with van der Waals surface area (Å²) >= 11 is 0. The number of aromatic hydroxyl groups is 2. The van der Waals surface area contributed by atoms with Crippen LogP contribution in [0.4, 0.5) is 0 Å². The lowest BCUT2D eigenvalue weighted by atomic mass is 9.60. The summed E-state index contributed by atoms with van der Waals surface area (Å²) in [6.07, 6.45) is 0. The lowest BCUT2D eigenvalue weighted by Gasteiger charge is -2.42. The van der Waals surface area contributed by atoms with Gasteiger partial charge in [0.1, 0.15) is 34.1 Å². The molecule has 0 fully saturated rings. The van der Waals surface area contributed by atoms with E-state index in [0.717, 1.165) is 82.7 Å². The van der Waals surface area contributed by atoms with Crippen LogP contribution in [0.3, 0.4) is 0 Å². The smallest absolute Gasteiger partial charge is 0.164 e. The Hall–Kier alpha value is -7.72. The first kappa shape index (κ1) is 40.5. The normalized spacial score (nSPS) is 15.8. The van der Waals surface area contributed by atoms with Gasteiger partial charge in [0.05, 0.1) is 0 Å². The molecule has 9 aromatic rings. The second-order valence-electron chi connectivity index (χ2n) is 22.1. The third-order valence-corrected chi connectivity index (χ3v) is 14.7. The van der Waals surface area contributed by atoms with Crippen molar-refractivity contribution in [3.05, 3.63) is 153 Å². The van der Waals surface area contributed by atoms with Crippen LogP contribution in [-0.4, -0.2) is 50.1 Å². The average Bonchev–Trinajstić information content (AvgIpc) is 4.03. The van der Waals surface area contributed by atoms with Crippen LogP contribution in [-0.2, 0) is 16.2 Å². The van der Waals surface area contributed by atoms with Crippen LogP contribution in [0.1, 0.15) is 124 Å². The molecule has 334 valence electrons. The zero-order valence-corrected chi connectivity index (χ0v) is 39.5. The molecule has 10 bridgehead atoms. The molecule has 10 heteroatoms. The van der Waals surface area contributed by atoms with Gasteiger partial charge in [0, 0.05) is 66.8 Å². The molecule has 0 amide bonds. The number of phenolic OH excluding ortho intramolecular Hbond substituents is 2. The highest BCUT2D eigenvalue weighted by Gasteiger charge is 2.45. The molecule has 10 nitrogen and oxygen atoms in total. The highest BCUT2D eigenvalue weighted by atomic mass is 16.3. The predicted octanol–water partition coefficient (Wildman–Crippen LogP) is 13.2. The van der Waals surface area contributed by atoms with Crippen molar-refractivity contribution in [3.63, 3.8) is 0 Å². The molecule has 2 unspecified atom stereocenters. The lowest BCUT2D eigenvalue weighted by molar-refractivity contribution is 0.441. The van der Waals surface area contributed by atoms with Gasteiger partial charge in [0.2, 0.25) is 0 Å². The average molecular weight is 891 g/mol. The van der Waals surface area contributed by atoms with Crippen LogP contribution in [0.15, 0.2) is 103 Å². The van der Waals surface area contributed by atoms with Gasteiger partial charge in [-0.2, -0.15) is 0 Å². The van der Waals surface area contributed by atoms with Crippen LogP contribution < -0.4 is 0 Å². The highest BCUT2D eigenvalue weighted by molar-refractivity contribution is 6.07. The standard InChI is InChI=1S/C58H50N8O2/c1-56(2,3)27-14-17-32-37(22-27)51-59-48(32)60-52-38-23-28(57(4,5)6)15-18-33(38)50(62-52)64-54-40-25-35-36(45-31-13-11-10-12-30(31)44(35)46-42(67)20-21-43(68)47(45)46)26-41(40)55(66-54)65-53-39-24-29(58(7,8)9)16-19-34(39)49(61-51)63-53/h10-26,44-45,67-68H,1-9H3,(H2,59,60,61,62,63,64,65,66). The van der Waals surface area contributed by atoms with Gasteiger partial charge in [-0.1, -0.05) is 123 Å². The van der Waals surface area contributed by atoms with E-state index in [0.29, 0.717) is 45.9 Å². The van der Waals surface area contributed by atoms with Crippen molar-refractivity contribution in [2.45, 2.75) is 90.4 Å². The molecule has 3 aliphatic carbocycles. The van der Waals surface area contributed by atoms with Crippen molar-refractivity contribution in [1.82, 2.24) is 39.9 Å². The molecule has 2 aliphatic heterocycles. The van der Waals surface area contributed by atoms with Crippen LogP contribution in [0.2, 0.25) is 0 Å². The summed E-state index contributed by atoms with van der Waals surface area (Å²) in [5, 5.41) is 26.7. The number of hydrogen-bond donors (Lipinski definition) is 4. The van der Waals surface area contributed by atoms with Gasteiger partial charge in [-0.15, -0.1) is 0 Å². The lowest BCUT2D eigenvalue weighted by Crippen LogP contribution is -2.27.